The van der Waals surface area contributed by atoms with Crippen molar-refractivity contribution in [3.8, 4) is 0 Å². The maximum Gasteiger partial charge on any atom is 0.416 e. The maximum absolute atomic E-state index is 12.6. The van der Waals surface area contributed by atoms with Gasteiger partial charge in [0.15, 0.2) is 0 Å². The molecule has 0 aliphatic heterocycles. The van der Waals surface area contributed by atoms with Crippen molar-refractivity contribution < 1.29 is 23.1 Å². The molecule has 0 spiro atoms. The van der Waals surface area contributed by atoms with Gasteiger partial charge in [-0.15, -0.1) is 0 Å². The number of aliphatic carboxylic acids is 1. The zero-order valence-corrected chi connectivity index (χ0v) is 10.9. The topological polar surface area (TPSA) is 66.0 Å². The van der Waals surface area contributed by atoms with Gasteiger partial charge in [-0.2, -0.15) is 13.2 Å². The molecule has 20 heavy (non-hydrogen) atoms. The number of benzene rings is 1. The molecule has 0 bridgehead atoms. The number of H-pyrrole nitrogens is 1. The lowest BCUT2D eigenvalue weighted by Crippen LogP contribution is -2.26. The van der Waals surface area contributed by atoms with Crippen LogP contribution in [0, 0.1) is 5.41 Å². The molecular formula is C13H13F3N2O2. The highest BCUT2D eigenvalue weighted by Crippen LogP contribution is 2.31. The van der Waals surface area contributed by atoms with E-state index in [1.54, 1.807) is 0 Å². The second-order valence-electron chi connectivity index (χ2n) is 5.28. The molecule has 0 fully saturated rings. The van der Waals surface area contributed by atoms with E-state index in [2.05, 4.69) is 9.97 Å². The summed E-state index contributed by atoms with van der Waals surface area (Å²) in [6.07, 6.45) is -4.31. The lowest BCUT2D eigenvalue weighted by molar-refractivity contribution is -0.146. The van der Waals surface area contributed by atoms with Gasteiger partial charge in [0, 0.05) is 6.42 Å². The molecule has 0 aliphatic rings. The first-order valence-corrected chi connectivity index (χ1v) is 5.89. The van der Waals surface area contributed by atoms with E-state index < -0.39 is 23.1 Å². The van der Waals surface area contributed by atoms with Crippen LogP contribution in [0.1, 0.15) is 25.2 Å². The summed E-state index contributed by atoms with van der Waals surface area (Å²) in [7, 11) is 0. The lowest BCUT2D eigenvalue weighted by Gasteiger charge is -2.16. The molecular weight excluding hydrogens is 273 g/mol. The van der Waals surface area contributed by atoms with Crippen molar-refractivity contribution in [3.05, 3.63) is 29.6 Å². The quantitative estimate of drug-likeness (QED) is 0.910. The van der Waals surface area contributed by atoms with Gasteiger partial charge in [0.1, 0.15) is 5.82 Å². The third-order valence-corrected chi connectivity index (χ3v) is 3.05. The molecule has 0 atom stereocenters. The molecule has 1 aromatic carbocycles. The molecule has 2 aromatic rings. The number of halogens is 3. The summed E-state index contributed by atoms with van der Waals surface area (Å²) < 4.78 is 37.8. The van der Waals surface area contributed by atoms with Crippen molar-refractivity contribution in [3.63, 3.8) is 0 Å². The number of imidazole rings is 1. The molecule has 0 radical (unpaired) electrons. The molecule has 0 aliphatic carbocycles. The van der Waals surface area contributed by atoms with Gasteiger partial charge in [-0.3, -0.25) is 4.79 Å². The van der Waals surface area contributed by atoms with E-state index in [1.807, 2.05) is 0 Å². The van der Waals surface area contributed by atoms with Gasteiger partial charge in [0.25, 0.3) is 0 Å². The molecule has 0 amide bonds. The third-order valence-electron chi connectivity index (χ3n) is 3.05. The summed E-state index contributed by atoms with van der Waals surface area (Å²) >= 11 is 0. The molecule has 1 aromatic heterocycles. The minimum absolute atomic E-state index is 0.109. The Morgan fingerprint density at radius 1 is 1.35 bits per heavy atom. The summed E-state index contributed by atoms with van der Waals surface area (Å²) in [5, 5.41) is 9.04. The highest BCUT2D eigenvalue weighted by molar-refractivity contribution is 5.77. The summed E-state index contributed by atoms with van der Waals surface area (Å²) in [5.41, 5.74) is -1.18. The van der Waals surface area contributed by atoms with E-state index in [0.717, 1.165) is 12.1 Å². The maximum atomic E-state index is 12.6. The van der Waals surface area contributed by atoms with E-state index in [4.69, 9.17) is 5.11 Å². The largest absolute Gasteiger partial charge is 0.481 e. The number of hydrogen-bond acceptors (Lipinski definition) is 2. The number of rotatable bonds is 3. The van der Waals surface area contributed by atoms with Crippen LogP contribution < -0.4 is 0 Å². The Morgan fingerprint density at radius 3 is 2.55 bits per heavy atom. The highest BCUT2D eigenvalue weighted by Gasteiger charge is 2.31. The number of carboxylic acids is 1. The molecule has 1 heterocycles. The fourth-order valence-corrected chi connectivity index (χ4v) is 1.82. The average Bonchev–Trinajstić information content (AvgIpc) is 2.67. The van der Waals surface area contributed by atoms with Crippen LogP contribution in [0.15, 0.2) is 18.2 Å². The Morgan fingerprint density at radius 2 is 2.00 bits per heavy atom. The predicted octanol–water partition coefficient (Wildman–Crippen LogP) is 3.24. The van der Waals surface area contributed by atoms with Crippen LogP contribution in [0.25, 0.3) is 11.0 Å². The molecule has 2 rings (SSSR count). The number of alkyl halides is 3. The zero-order valence-electron chi connectivity index (χ0n) is 10.9. The Hall–Kier alpha value is -2.05. The van der Waals surface area contributed by atoms with Crippen LogP contribution in [0.4, 0.5) is 13.2 Å². The van der Waals surface area contributed by atoms with Gasteiger partial charge < -0.3 is 10.1 Å². The number of hydrogen-bond donors (Lipinski definition) is 2. The number of fused-ring (bicyclic) bond motifs is 1. The molecule has 0 saturated carbocycles. The van der Waals surface area contributed by atoms with E-state index in [1.165, 1.54) is 19.9 Å². The highest BCUT2D eigenvalue weighted by atomic mass is 19.4. The number of carbonyl (C=O) groups is 1. The second-order valence-corrected chi connectivity index (χ2v) is 5.28. The van der Waals surface area contributed by atoms with Crippen molar-refractivity contribution >= 4 is 17.0 Å². The average molecular weight is 286 g/mol. The first-order chi connectivity index (χ1) is 9.09. The Bertz CT molecular complexity index is 659. The lowest BCUT2D eigenvalue weighted by atomic mass is 9.89. The molecule has 0 saturated heterocycles. The van der Waals surface area contributed by atoms with Crippen LogP contribution in [0.3, 0.4) is 0 Å². The van der Waals surface area contributed by atoms with Crippen molar-refractivity contribution in [2.75, 3.05) is 0 Å². The van der Waals surface area contributed by atoms with Crippen molar-refractivity contribution in [2.45, 2.75) is 26.4 Å². The first-order valence-electron chi connectivity index (χ1n) is 5.89. The van der Waals surface area contributed by atoms with Crippen LogP contribution in [0.5, 0.6) is 0 Å². The number of nitrogens with zero attached hydrogens (tertiary/aromatic N) is 1. The van der Waals surface area contributed by atoms with Gasteiger partial charge in [0.2, 0.25) is 0 Å². The molecule has 4 nitrogen and oxygen atoms in total. The van der Waals surface area contributed by atoms with Crippen LogP contribution >= 0.6 is 0 Å². The Balaban J connectivity index is 2.37. The standard InChI is InChI=1S/C13H13F3N2O2/c1-12(2,11(19)20)6-10-17-8-4-3-7(13(14,15)16)5-9(8)18-10/h3-5H,6H2,1-2H3,(H,17,18)(H,19,20). The summed E-state index contributed by atoms with van der Waals surface area (Å²) in [5.74, 6) is -0.638. The summed E-state index contributed by atoms with van der Waals surface area (Å²) in [6, 6.07) is 3.20. The third kappa shape index (κ3) is 2.76. The molecule has 7 heteroatoms. The van der Waals surface area contributed by atoms with Gasteiger partial charge in [-0.1, -0.05) is 0 Å². The van der Waals surface area contributed by atoms with E-state index >= 15 is 0 Å². The summed E-state index contributed by atoms with van der Waals surface area (Å²) in [6.45, 7) is 3.06. The fourth-order valence-electron chi connectivity index (χ4n) is 1.82. The number of carboxylic acid groups (broad SMARTS) is 1. The molecule has 2 N–H and O–H groups in total. The number of aromatic nitrogens is 2. The predicted molar refractivity (Wildman–Crippen MR) is 66.2 cm³/mol. The van der Waals surface area contributed by atoms with Gasteiger partial charge >= 0.3 is 12.1 Å². The van der Waals surface area contributed by atoms with Crippen molar-refractivity contribution in [2.24, 2.45) is 5.41 Å². The van der Waals surface area contributed by atoms with Crippen molar-refractivity contribution in [1.82, 2.24) is 9.97 Å². The first kappa shape index (κ1) is 14.4. The minimum atomic E-state index is -4.42. The number of aromatic amines is 1. The second kappa shape index (κ2) is 4.50. The zero-order chi connectivity index (χ0) is 15.1. The monoisotopic (exact) mass is 286 g/mol. The van der Waals surface area contributed by atoms with Crippen LogP contribution in [-0.2, 0) is 17.4 Å². The molecule has 0 unspecified atom stereocenters. The van der Waals surface area contributed by atoms with Crippen molar-refractivity contribution in [1.29, 1.82) is 0 Å². The van der Waals surface area contributed by atoms with Crippen LogP contribution in [-0.4, -0.2) is 21.0 Å². The smallest absolute Gasteiger partial charge is 0.416 e. The van der Waals surface area contributed by atoms with E-state index in [9.17, 15) is 18.0 Å². The SMILES string of the molecule is CC(C)(Cc1nc2ccc(C(F)(F)F)cc2[nH]1)C(=O)O. The van der Waals surface area contributed by atoms with E-state index in [0.29, 0.717) is 11.3 Å². The van der Waals surface area contributed by atoms with Gasteiger partial charge in [-0.05, 0) is 32.0 Å². The van der Waals surface area contributed by atoms with Gasteiger partial charge in [0.05, 0.1) is 22.0 Å². The summed E-state index contributed by atoms with van der Waals surface area (Å²) in [4.78, 5) is 17.9. The van der Waals surface area contributed by atoms with E-state index in [-0.39, 0.29) is 11.9 Å². The minimum Gasteiger partial charge on any atom is -0.481 e. The fraction of sp³-hybridized carbons (Fsp3) is 0.385. The van der Waals surface area contributed by atoms with Crippen LogP contribution in [0.2, 0.25) is 0 Å². The van der Waals surface area contributed by atoms with Gasteiger partial charge in [-0.25, -0.2) is 4.98 Å². The number of nitrogens with one attached hydrogen (secondary N) is 1. The molecule has 108 valence electrons. The normalized spacial score (nSPS) is 12.8. The Labute approximate surface area is 112 Å². The Kier molecular flexibility index (Phi) is 3.23.